The Morgan fingerprint density at radius 1 is 0.964 bits per heavy atom. The summed E-state index contributed by atoms with van der Waals surface area (Å²) >= 11 is 1.81. The Balaban J connectivity index is 1.70. The van der Waals surface area contributed by atoms with Crippen molar-refractivity contribution in [2.45, 2.75) is 74.3 Å². The molecule has 0 aliphatic carbocycles. The van der Waals surface area contributed by atoms with E-state index in [2.05, 4.69) is 84.0 Å². The molecule has 2 saturated heterocycles. The molecule has 0 spiro atoms. The first-order valence-corrected chi connectivity index (χ1v) is 12.9. The van der Waals surface area contributed by atoms with Crippen molar-refractivity contribution in [1.29, 1.82) is 0 Å². The van der Waals surface area contributed by atoms with Gasteiger partial charge >= 0.3 is 8.56 Å². The zero-order valence-electron chi connectivity index (χ0n) is 17.7. The smallest absolute Gasteiger partial charge is 0.349 e. The summed E-state index contributed by atoms with van der Waals surface area (Å²) in [6.07, 6.45) is -0.700. The van der Waals surface area contributed by atoms with Crippen molar-refractivity contribution in [3.63, 3.8) is 0 Å². The van der Waals surface area contributed by atoms with Gasteiger partial charge in [0.1, 0.15) is 0 Å². The van der Waals surface area contributed by atoms with Crippen molar-refractivity contribution in [3.05, 3.63) is 48.0 Å². The molecule has 2 aromatic carbocycles. The van der Waals surface area contributed by atoms with Gasteiger partial charge < -0.3 is 14.0 Å². The summed E-state index contributed by atoms with van der Waals surface area (Å²) < 4.78 is 13.5. The van der Waals surface area contributed by atoms with Crippen molar-refractivity contribution < 1.29 is 14.0 Å². The van der Waals surface area contributed by atoms with Crippen molar-refractivity contribution in [2.75, 3.05) is 6.61 Å². The molecule has 2 fully saturated rings. The molecule has 2 aliphatic heterocycles. The lowest BCUT2D eigenvalue weighted by Gasteiger charge is -2.53. The normalized spacial score (nSPS) is 30.4. The minimum Gasteiger partial charge on any atom is -0.392 e. The highest BCUT2D eigenvalue weighted by Gasteiger charge is 2.64. The molecule has 28 heavy (non-hydrogen) atoms. The summed E-state index contributed by atoms with van der Waals surface area (Å²) in [6.45, 7) is 14.0. The lowest BCUT2D eigenvalue weighted by molar-refractivity contribution is -0.0328. The van der Waals surface area contributed by atoms with Crippen LogP contribution in [0.4, 0.5) is 0 Å². The van der Waals surface area contributed by atoms with E-state index < -0.39 is 14.7 Å². The molecule has 4 atom stereocenters. The first-order valence-electron chi connectivity index (χ1n) is 10.2. The van der Waals surface area contributed by atoms with Crippen molar-refractivity contribution in [2.24, 2.45) is 0 Å². The minimum atomic E-state index is -2.57. The molecule has 1 N–H and O–H groups in total. The molecular formula is C23H32O3SSi. The summed E-state index contributed by atoms with van der Waals surface area (Å²) in [4.78, 5) is 0. The Labute approximate surface area is 174 Å². The van der Waals surface area contributed by atoms with E-state index in [4.69, 9.17) is 8.85 Å². The fourth-order valence-corrected chi connectivity index (χ4v) is 11.9. The summed E-state index contributed by atoms with van der Waals surface area (Å²) in [7, 11) is -2.57. The zero-order valence-corrected chi connectivity index (χ0v) is 19.5. The Hall–Kier alpha value is -0.853. The van der Waals surface area contributed by atoms with Gasteiger partial charge in [0.05, 0.1) is 29.3 Å². The summed E-state index contributed by atoms with van der Waals surface area (Å²) in [5, 5.41) is 13.9. The van der Waals surface area contributed by atoms with Gasteiger partial charge in [-0.25, -0.2) is 0 Å². The first-order chi connectivity index (χ1) is 13.1. The average Bonchev–Trinajstić information content (AvgIpc) is 2.95. The molecule has 2 aliphatic rings. The molecule has 3 nitrogen and oxygen atoms in total. The summed E-state index contributed by atoms with van der Waals surface area (Å²) in [5.74, 6) is 0. The number of fused-ring (bicyclic) bond motifs is 2. The Morgan fingerprint density at radius 2 is 1.61 bits per heavy atom. The van der Waals surface area contributed by atoms with E-state index in [1.54, 1.807) is 0 Å². The van der Waals surface area contributed by atoms with Gasteiger partial charge in [0, 0.05) is 10.1 Å². The van der Waals surface area contributed by atoms with E-state index >= 15 is 0 Å². The van der Waals surface area contributed by atoms with E-state index in [9.17, 15) is 5.11 Å². The Bertz CT molecular complexity index is 851. The molecule has 0 unspecified atom stereocenters. The predicted molar refractivity (Wildman–Crippen MR) is 120 cm³/mol. The van der Waals surface area contributed by atoms with Gasteiger partial charge in [-0.3, -0.25) is 0 Å². The second kappa shape index (κ2) is 6.85. The van der Waals surface area contributed by atoms with Crippen LogP contribution in [-0.4, -0.2) is 37.7 Å². The van der Waals surface area contributed by atoms with E-state index in [1.165, 1.54) is 16.3 Å². The number of thioether (sulfide) groups is 1. The third-order valence-electron chi connectivity index (χ3n) is 6.19. The van der Waals surface area contributed by atoms with E-state index in [1.807, 2.05) is 11.8 Å². The molecule has 0 radical (unpaired) electrons. The van der Waals surface area contributed by atoms with Crippen molar-refractivity contribution in [3.8, 4) is 0 Å². The van der Waals surface area contributed by atoms with Crippen LogP contribution in [0.15, 0.2) is 42.5 Å². The highest BCUT2D eigenvalue weighted by molar-refractivity contribution is 8.00. The Kier molecular flexibility index (Phi) is 4.99. The number of hydrogen-bond donors (Lipinski definition) is 1. The van der Waals surface area contributed by atoms with Crippen molar-refractivity contribution in [1.82, 2.24) is 0 Å². The molecule has 0 saturated carbocycles. The van der Waals surface area contributed by atoms with Crippen LogP contribution in [0.3, 0.4) is 0 Å². The Morgan fingerprint density at radius 3 is 2.29 bits per heavy atom. The van der Waals surface area contributed by atoms with Gasteiger partial charge in [0.2, 0.25) is 0 Å². The number of hydrogen-bond acceptors (Lipinski definition) is 4. The number of aliphatic hydroxyl groups excluding tert-OH is 1. The highest BCUT2D eigenvalue weighted by Crippen LogP contribution is 2.58. The zero-order chi connectivity index (χ0) is 20.3. The van der Waals surface area contributed by atoms with E-state index in [0.29, 0.717) is 6.61 Å². The topological polar surface area (TPSA) is 38.7 Å². The van der Waals surface area contributed by atoms with Gasteiger partial charge in [0.25, 0.3) is 0 Å². The second-order valence-electron chi connectivity index (χ2n) is 10.2. The quantitative estimate of drug-likeness (QED) is 0.595. The van der Waals surface area contributed by atoms with Crippen LogP contribution in [-0.2, 0) is 8.85 Å². The second-order valence-corrected chi connectivity index (χ2v) is 16.3. The fourth-order valence-electron chi connectivity index (χ4n) is 5.11. The standard InChI is InChI=1S/C23H32O3SSi/c1-22(2,3)28(23(4,5)6)25-14-18-20(26-28)19(24)21(27-18)17-13-9-11-15-10-7-8-12-16(15)17/h7-13,18-21,24H,14H2,1-6H3/t18-,19-,20-,21+/m1/s1. The maximum Gasteiger partial charge on any atom is 0.349 e. The number of aliphatic hydroxyl groups is 1. The van der Waals surface area contributed by atoms with E-state index in [0.717, 1.165) is 0 Å². The number of benzene rings is 2. The maximum absolute atomic E-state index is 11.4. The summed E-state index contributed by atoms with van der Waals surface area (Å²) in [5.41, 5.74) is 1.20. The van der Waals surface area contributed by atoms with Crippen LogP contribution < -0.4 is 0 Å². The maximum atomic E-state index is 11.4. The monoisotopic (exact) mass is 416 g/mol. The third-order valence-corrected chi connectivity index (χ3v) is 12.9. The lowest BCUT2D eigenvalue weighted by Crippen LogP contribution is -2.65. The van der Waals surface area contributed by atoms with Gasteiger partial charge in [-0.15, -0.1) is 11.8 Å². The van der Waals surface area contributed by atoms with Crippen LogP contribution in [0, 0.1) is 0 Å². The van der Waals surface area contributed by atoms with Gasteiger partial charge in [-0.1, -0.05) is 84.0 Å². The molecule has 0 amide bonds. The molecular weight excluding hydrogens is 384 g/mol. The first kappa shape index (κ1) is 20.4. The van der Waals surface area contributed by atoms with Crippen LogP contribution in [0.5, 0.6) is 0 Å². The highest BCUT2D eigenvalue weighted by atomic mass is 32.2. The fraction of sp³-hybridized carbons (Fsp3) is 0.565. The lowest BCUT2D eigenvalue weighted by atomic mass is 9.97. The molecule has 2 heterocycles. The molecule has 5 heteroatoms. The molecule has 4 rings (SSSR count). The van der Waals surface area contributed by atoms with Crippen LogP contribution in [0.2, 0.25) is 10.1 Å². The van der Waals surface area contributed by atoms with Crippen molar-refractivity contribution >= 4 is 31.1 Å². The average molecular weight is 417 g/mol. The van der Waals surface area contributed by atoms with Crippen LogP contribution in [0.25, 0.3) is 10.8 Å². The van der Waals surface area contributed by atoms with Gasteiger partial charge in [-0.05, 0) is 16.3 Å². The summed E-state index contributed by atoms with van der Waals surface area (Å²) in [6, 6.07) is 14.8. The minimum absolute atomic E-state index is 0.00874. The molecule has 0 aromatic heterocycles. The number of rotatable bonds is 1. The molecule has 2 aromatic rings. The third kappa shape index (κ3) is 3.07. The SMILES string of the molecule is CC(C)(C)[Si]1(C(C)(C)C)OC[C@H]2S[C@@H](c3cccc4ccccc34)[C@H](O)[C@@H]2O1. The van der Waals surface area contributed by atoms with E-state index in [-0.39, 0.29) is 26.7 Å². The molecule has 152 valence electrons. The largest absolute Gasteiger partial charge is 0.392 e. The van der Waals surface area contributed by atoms with Crippen LogP contribution >= 0.6 is 11.8 Å². The van der Waals surface area contributed by atoms with Gasteiger partial charge in [-0.2, -0.15) is 0 Å². The van der Waals surface area contributed by atoms with Gasteiger partial charge in [0.15, 0.2) is 0 Å². The van der Waals surface area contributed by atoms with Crippen LogP contribution in [0.1, 0.15) is 52.4 Å². The predicted octanol–water partition coefficient (Wildman–Crippen LogP) is 5.82. The molecule has 0 bridgehead atoms.